The van der Waals surface area contributed by atoms with Gasteiger partial charge in [0.2, 0.25) is 15.9 Å². The van der Waals surface area contributed by atoms with E-state index in [1.807, 2.05) is 0 Å². The number of carboxylic acids is 1. The third-order valence-corrected chi connectivity index (χ3v) is 4.44. The van der Waals surface area contributed by atoms with Gasteiger partial charge in [-0.15, -0.1) is 0 Å². The van der Waals surface area contributed by atoms with Gasteiger partial charge in [-0.3, -0.25) is 4.79 Å². The van der Waals surface area contributed by atoms with Gasteiger partial charge in [0.25, 0.3) is 0 Å². The molecule has 2 rings (SSSR count). The summed E-state index contributed by atoms with van der Waals surface area (Å²) in [6.45, 7) is 0.305. The number of amides is 1. The second-order valence-corrected chi connectivity index (χ2v) is 6.67. The first-order valence-electron chi connectivity index (χ1n) is 6.27. The summed E-state index contributed by atoms with van der Waals surface area (Å²) in [7, 11) is -3.45. The topological polar surface area (TPSA) is 117 Å². The Morgan fingerprint density at radius 3 is 2.76 bits per heavy atom. The van der Waals surface area contributed by atoms with Crippen LogP contribution in [-0.4, -0.2) is 53.5 Å². The Kier molecular flexibility index (Phi) is 4.24. The van der Waals surface area contributed by atoms with E-state index in [1.165, 1.54) is 18.2 Å². The molecule has 9 heteroatoms. The molecule has 2 N–H and O–H groups in total. The van der Waals surface area contributed by atoms with Crippen molar-refractivity contribution in [2.24, 2.45) is 0 Å². The number of nitrogens with zero attached hydrogens (tertiary/aromatic N) is 2. The van der Waals surface area contributed by atoms with Gasteiger partial charge in [0.15, 0.2) is 5.69 Å². The molecule has 114 valence electrons. The van der Waals surface area contributed by atoms with Crippen LogP contribution in [0.1, 0.15) is 23.3 Å². The fourth-order valence-electron chi connectivity index (χ4n) is 2.23. The van der Waals surface area contributed by atoms with E-state index in [1.54, 1.807) is 0 Å². The van der Waals surface area contributed by atoms with E-state index >= 15 is 0 Å². The first kappa shape index (κ1) is 15.4. The number of carbonyl (C=O) groups is 2. The number of pyridine rings is 1. The minimum Gasteiger partial charge on any atom is -0.477 e. The van der Waals surface area contributed by atoms with Crippen molar-refractivity contribution in [3.05, 3.63) is 23.9 Å². The maximum absolute atomic E-state index is 12.1. The predicted octanol–water partition coefficient (Wildman–Crippen LogP) is 0.142. The third-order valence-electron chi connectivity index (χ3n) is 3.15. The standard InChI is InChI=1S/C12H15N3O5S/c1-21(19,20)15-7-3-5-9(15)11(16)14-10-6-2-4-8(13-10)12(17)18/h2,4,6,9H,3,5,7H2,1H3,(H,17,18)(H,13,14,16). The summed E-state index contributed by atoms with van der Waals surface area (Å²) in [6.07, 6.45) is 2.09. The van der Waals surface area contributed by atoms with Crippen molar-refractivity contribution in [1.82, 2.24) is 9.29 Å². The average Bonchev–Trinajstić information content (AvgIpc) is 2.88. The number of hydrogen-bond acceptors (Lipinski definition) is 5. The van der Waals surface area contributed by atoms with Crippen molar-refractivity contribution < 1.29 is 23.1 Å². The molecule has 1 amide bonds. The first-order chi connectivity index (χ1) is 9.79. The molecule has 1 aliphatic rings. The van der Waals surface area contributed by atoms with Crippen molar-refractivity contribution >= 4 is 27.7 Å². The normalized spacial score (nSPS) is 19.4. The van der Waals surface area contributed by atoms with Crippen LogP contribution < -0.4 is 5.32 Å². The van der Waals surface area contributed by atoms with E-state index in [0.29, 0.717) is 19.4 Å². The average molecular weight is 313 g/mol. The Hall–Kier alpha value is -2.00. The van der Waals surface area contributed by atoms with E-state index in [2.05, 4.69) is 10.3 Å². The molecule has 2 heterocycles. The van der Waals surface area contributed by atoms with Crippen LogP contribution in [0.4, 0.5) is 5.82 Å². The van der Waals surface area contributed by atoms with Crippen molar-refractivity contribution in [2.45, 2.75) is 18.9 Å². The molecular formula is C12H15N3O5S. The van der Waals surface area contributed by atoms with Gasteiger partial charge in [0, 0.05) is 6.54 Å². The van der Waals surface area contributed by atoms with Gasteiger partial charge in [-0.1, -0.05) is 6.07 Å². The number of aromatic nitrogens is 1. The van der Waals surface area contributed by atoms with Gasteiger partial charge >= 0.3 is 5.97 Å². The summed E-state index contributed by atoms with van der Waals surface area (Å²) in [5.74, 6) is -1.63. The zero-order chi connectivity index (χ0) is 15.6. The number of aromatic carboxylic acids is 1. The SMILES string of the molecule is CS(=O)(=O)N1CCCC1C(=O)Nc1cccc(C(=O)O)n1. The highest BCUT2D eigenvalue weighted by molar-refractivity contribution is 7.88. The van der Waals surface area contributed by atoms with Crippen LogP contribution >= 0.6 is 0 Å². The van der Waals surface area contributed by atoms with E-state index in [4.69, 9.17) is 5.11 Å². The van der Waals surface area contributed by atoms with Crippen LogP contribution in [0.15, 0.2) is 18.2 Å². The monoisotopic (exact) mass is 313 g/mol. The van der Waals surface area contributed by atoms with E-state index in [-0.39, 0.29) is 11.5 Å². The van der Waals surface area contributed by atoms with Gasteiger partial charge in [0.05, 0.1) is 6.26 Å². The number of sulfonamides is 1. The Balaban J connectivity index is 2.14. The number of carboxylic acid groups (broad SMARTS) is 1. The van der Waals surface area contributed by atoms with Gasteiger partial charge in [-0.2, -0.15) is 4.31 Å². The summed E-state index contributed by atoms with van der Waals surface area (Å²) >= 11 is 0. The summed E-state index contributed by atoms with van der Waals surface area (Å²) in [5.41, 5.74) is -0.195. The number of hydrogen-bond donors (Lipinski definition) is 2. The van der Waals surface area contributed by atoms with Gasteiger partial charge < -0.3 is 10.4 Å². The Bertz CT molecular complexity index is 673. The fourth-order valence-corrected chi connectivity index (χ4v) is 3.36. The molecule has 0 aromatic carbocycles. The maximum atomic E-state index is 12.1. The molecule has 1 aliphatic heterocycles. The van der Waals surface area contributed by atoms with E-state index in [0.717, 1.165) is 10.6 Å². The number of nitrogens with one attached hydrogen (secondary N) is 1. The molecule has 1 atom stereocenters. The zero-order valence-corrected chi connectivity index (χ0v) is 12.1. The molecule has 1 saturated heterocycles. The van der Waals surface area contributed by atoms with Gasteiger partial charge in [-0.25, -0.2) is 18.2 Å². The minimum atomic E-state index is -3.45. The largest absolute Gasteiger partial charge is 0.477 e. The zero-order valence-electron chi connectivity index (χ0n) is 11.3. The van der Waals surface area contributed by atoms with Crippen molar-refractivity contribution in [2.75, 3.05) is 18.1 Å². The highest BCUT2D eigenvalue weighted by Crippen LogP contribution is 2.21. The Morgan fingerprint density at radius 1 is 1.43 bits per heavy atom. The summed E-state index contributed by atoms with van der Waals surface area (Å²) < 4.78 is 24.3. The van der Waals surface area contributed by atoms with Crippen LogP contribution in [0, 0.1) is 0 Å². The molecule has 8 nitrogen and oxygen atoms in total. The van der Waals surface area contributed by atoms with Crippen LogP contribution in [0.3, 0.4) is 0 Å². The number of carbonyl (C=O) groups excluding carboxylic acids is 1. The maximum Gasteiger partial charge on any atom is 0.354 e. The van der Waals surface area contributed by atoms with Crippen molar-refractivity contribution in [3.8, 4) is 0 Å². The lowest BCUT2D eigenvalue weighted by atomic mass is 10.2. The van der Waals surface area contributed by atoms with Crippen LogP contribution in [0.2, 0.25) is 0 Å². The van der Waals surface area contributed by atoms with Crippen LogP contribution in [-0.2, 0) is 14.8 Å². The predicted molar refractivity (Wildman–Crippen MR) is 74.4 cm³/mol. The second-order valence-electron chi connectivity index (χ2n) is 4.73. The summed E-state index contributed by atoms with van der Waals surface area (Å²) in [4.78, 5) is 26.7. The fraction of sp³-hybridized carbons (Fsp3) is 0.417. The minimum absolute atomic E-state index is 0.0836. The van der Waals surface area contributed by atoms with Crippen LogP contribution in [0.25, 0.3) is 0 Å². The molecule has 1 aromatic heterocycles. The van der Waals surface area contributed by atoms with Crippen LogP contribution in [0.5, 0.6) is 0 Å². The quantitative estimate of drug-likeness (QED) is 0.817. The van der Waals surface area contributed by atoms with Gasteiger partial charge in [0.1, 0.15) is 11.9 Å². The van der Waals surface area contributed by atoms with Crippen molar-refractivity contribution in [3.63, 3.8) is 0 Å². The van der Waals surface area contributed by atoms with E-state index in [9.17, 15) is 18.0 Å². The molecule has 1 aromatic rings. The molecule has 1 unspecified atom stereocenters. The number of rotatable bonds is 4. The number of anilines is 1. The smallest absolute Gasteiger partial charge is 0.354 e. The highest BCUT2D eigenvalue weighted by atomic mass is 32.2. The second kappa shape index (κ2) is 5.78. The Labute approximate surface area is 121 Å². The lowest BCUT2D eigenvalue weighted by Crippen LogP contribution is -2.42. The molecule has 0 radical (unpaired) electrons. The van der Waals surface area contributed by atoms with Crippen molar-refractivity contribution in [1.29, 1.82) is 0 Å². The molecular weight excluding hydrogens is 298 g/mol. The van der Waals surface area contributed by atoms with E-state index < -0.39 is 27.9 Å². The molecule has 1 fully saturated rings. The highest BCUT2D eigenvalue weighted by Gasteiger charge is 2.36. The molecule has 0 spiro atoms. The first-order valence-corrected chi connectivity index (χ1v) is 8.12. The molecule has 21 heavy (non-hydrogen) atoms. The molecule has 0 aliphatic carbocycles. The molecule has 0 bridgehead atoms. The summed E-state index contributed by atoms with van der Waals surface area (Å²) in [5, 5.41) is 11.3. The third kappa shape index (κ3) is 3.56. The lowest BCUT2D eigenvalue weighted by Gasteiger charge is -2.21. The Morgan fingerprint density at radius 2 is 2.14 bits per heavy atom. The lowest BCUT2D eigenvalue weighted by molar-refractivity contribution is -0.119. The summed E-state index contributed by atoms with van der Waals surface area (Å²) in [6, 6.07) is 3.42. The molecule has 0 saturated carbocycles. The van der Waals surface area contributed by atoms with Gasteiger partial charge in [-0.05, 0) is 25.0 Å².